The molecule has 0 spiro atoms. The lowest BCUT2D eigenvalue weighted by molar-refractivity contribution is -0.137. The number of carbonyl (C=O) groups is 2. The van der Waals surface area contributed by atoms with Crippen LogP contribution in [0.15, 0.2) is 24.3 Å². The van der Waals surface area contributed by atoms with E-state index >= 15 is 0 Å². The Bertz CT molecular complexity index is 627. The van der Waals surface area contributed by atoms with Crippen molar-refractivity contribution in [2.45, 2.75) is 39.3 Å². The summed E-state index contributed by atoms with van der Waals surface area (Å²) in [6.45, 7) is 8.71. The van der Waals surface area contributed by atoms with Crippen LogP contribution in [0.4, 0.5) is 10.5 Å². The van der Waals surface area contributed by atoms with Gasteiger partial charge >= 0.3 is 6.09 Å². The molecule has 7 heteroatoms. The molecule has 1 fully saturated rings. The van der Waals surface area contributed by atoms with Crippen LogP contribution in [-0.2, 0) is 9.53 Å². The number of benzene rings is 1. The molecule has 2 rings (SSSR count). The average Bonchev–Trinajstić information content (AvgIpc) is 2.51. The maximum Gasteiger partial charge on any atom is 0.410 e. The molecule has 1 aromatic rings. The van der Waals surface area contributed by atoms with E-state index in [1.54, 1.807) is 34.1 Å². The Kier molecular flexibility index (Phi) is 5.77. The van der Waals surface area contributed by atoms with Crippen molar-refractivity contribution < 1.29 is 19.1 Å². The summed E-state index contributed by atoms with van der Waals surface area (Å²) in [5.41, 5.74) is 5.75. The van der Waals surface area contributed by atoms with Gasteiger partial charge in [-0.15, -0.1) is 0 Å². The van der Waals surface area contributed by atoms with Gasteiger partial charge in [-0.25, -0.2) is 4.79 Å². The van der Waals surface area contributed by atoms with Gasteiger partial charge in [0, 0.05) is 37.4 Å². The predicted molar refractivity (Wildman–Crippen MR) is 95.3 cm³/mol. The second kappa shape index (κ2) is 7.63. The molecule has 2 N–H and O–H groups in total. The normalized spacial score (nSPS) is 18.0. The summed E-state index contributed by atoms with van der Waals surface area (Å²) in [7, 11) is 0. The van der Waals surface area contributed by atoms with Crippen LogP contribution in [0.2, 0.25) is 0 Å². The third kappa shape index (κ3) is 5.55. The summed E-state index contributed by atoms with van der Waals surface area (Å²) in [6, 6.07) is 6.87. The highest BCUT2D eigenvalue weighted by Crippen LogP contribution is 2.17. The van der Waals surface area contributed by atoms with Crippen molar-refractivity contribution in [1.29, 1.82) is 0 Å². The molecular formula is C18H27N3O4. The number of nitrogen functional groups attached to an aromatic ring is 1. The molecule has 1 atom stereocenters. The van der Waals surface area contributed by atoms with Gasteiger partial charge in [0.05, 0.1) is 0 Å². The summed E-state index contributed by atoms with van der Waals surface area (Å²) < 4.78 is 10.9. The number of anilines is 1. The number of piperazine rings is 1. The van der Waals surface area contributed by atoms with E-state index in [4.69, 9.17) is 15.2 Å². The summed E-state index contributed by atoms with van der Waals surface area (Å²) >= 11 is 0. The Balaban J connectivity index is 1.86. The fraction of sp³-hybridized carbons (Fsp3) is 0.556. The largest absolute Gasteiger partial charge is 0.484 e. The molecule has 0 bridgehead atoms. The van der Waals surface area contributed by atoms with E-state index in [2.05, 4.69) is 0 Å². The zero-order valence-electron chi connectivity index (χ0n) is 15.3. The van der Waals surface area contributed by atoms with Crippen molar-refractivity contribution in [3.05, 3.63) is 24.3 Å². The second-order valence-corrected chi connectivity index (χ2v) is 7.22. The van der Waals surface area contributed by atoms with Gasteiger partial charge in [0.25, 0.3) is 5.91 Å². The number of rotatable bonds is 3. The van der Waals surface area contributed by atoms with E-state index < -0.39 is 5.60 Å². The topological polar surface area (TPSA) is 85.1 Å². The first kappa shape index (κ1) is 18.9. The summed E-state index contributed by atoms with van der Waals surface area (Å²) in [5.74, 6) is 0.451. The van der Waals surface area contributed by atoms with Gasteiger partial charge in [0.1, 0.15) is 11.4 Å². The quantitative estimate of drug-likeness (QED) is 0.845. The molecule has 2 amide bonds. The van der Waals surface area contributed by atoms with Crippen molar-refractivity contribution in [3.63, 3.8) is 0 Å². The van der Waals surface area contributed by atoms with Gasteiger partial charge in [0.15, 0.2) is 6.61 Å². The van der Waals surface area contributed by atoms with Crippen LogP contribution in [0, 0.1) is 0 Å². The highest BCUT2D eigenvalue weighted by atomic mass is 16.6. The zero-order chi connectivity index (χ0) is 18.6. The standard InChI is InChI=1S/C18H27N3O4/c1-13-11-20(17(23)25-18(2,3)4)8-9-21(13)16(22)12-24-15-7-5-6-14(19)10-15/h5-7,10,13H,8-9,11-12,19H2,1-4H3. The molecular weight excluding hydrogens is 322 g/mol. The van der Waals surface area contributed by atoms with E-state index in [9.17, 15) is 9.59 Å². The molecule has 25 heavy (non-hydrogen) atoms. The first-order chi connectivity index (χ1) is 11.7. The molecule has 1 aliphatic heterocycles. The molecule has 0 radical (unpaired) electrons. The number of amides is 2. The fourth-order valence-electron chi connectivity index (χ4n) is 2.65. The van der Waals surface area contributed by atoms with Gasteiger partial charge in [0.2, 0.25) is 0 Å². The number of hydrogen-bond donors (Lipinski definition) is 1. The number of nitrogens with two attached hydrogens (primary N) is 1. The second-order valence-electron chi connectivity index (χ2n) is 7.22. The molecule has 0 aliphatic carbocycles. The number of nitrogens with zero attached hydrogens (tertiary/aromatic N) is 2. The molecule has 1 saturated heterocycles. The van der Waals surface area contributed by atoms with Crippen LogP contribution in [0.1, 0.15) is 27.7 Å². The molecule has 7 nitrogen and oxygen atoms in total. The smallest absolute Gasteiger partial charge is 0.410 e. The molecule has 1 heterocycles. The van der Waals surface area contributed by atoms with Crippen LogP contribution in [0.3, 0.4) is 0 Å². The van der Waals surface area contributed by atoms with Crippen molar-refractivity contribution in [1.82, 2.24) is 9.80 Å². The summed E-state index contributed by atoms with van der Waals surface area (Å²) in [6.07, 6.45) is -0.345. The third-order valence-corrected chi connectivity index (χ3v) is 3.82. The molecule has 1 unspecified atom stereocenters. The zero-order valence-corrected chi connectivity index (χ0v) is 15.3. The Morgan fingerprint density at radius 3 is 2.60 bits per heavy atom. The molecule has 0 saturated carbocycles. The SMILES string of the molecule is CC1CN(C(=O)OC(C)(C)C)CCN1C(=O)COc1cccc(N)c1. The summed E-state index contributed by atoms with van der Waals surface area (Å²) in [4.78, 5) is 27.9. The van der Waals surface area contributed by atoms with Gasteiger partial charge in [-0.1, -0.05) is 6.07 Å². The lowest BCUT2D eigenvalue weighted by atomic mass is 10.2. The van der Waals surface area contributed by atoms with Gasteiger partial charge in [-0.3, -0.25) is 4.79 Å². The Hall–Kier alpha value is -2.44. The lowest BCUT2D eigenvalue weighted by Gasteiger charge is -2.40. The first-order valence-corrected chi connectivity index (χ1v) is 8.41. The van der Waals surface area contributed by atoms with Crippen LogP contribution in [0.25, 0.3) is 0 Å². The van der Waals surface area contributed by atoms with E-state index in [1.165, 1.54) is 0 Å². The molecule has 138 valence electrons. The molecule has 1 aromatic carbocycles. The van der Waals surface area contributed by atoms with Crippen molar-refractivity contribution in [3.8, 4) is 5.75 Å². The van der Waals surface area contributed by atoms with E-state index in [-0.39, 0.29) is 24.6 Å². The van der Waals surface area contributed by atoms with Crippen molar-refractivity contribution >= 4 is 17.7 Å². The highest BCUT2D eigenvalue weighted by molar-refractivity contribution is 5.78. The minimum absolute atomic E-state index is 0.0553. The molecule has 1 aliphatic rings. The fourth-order valence-corrected chi connectivity index (χ4v) is 2.65. The minimum atomic E-state index is -0.529. The summed E-state index contributed by atoms with van der Waals surface area (Å²) in [5, 5.41) is 0. The van der Waals surface area contributed by atoms with Crippen molar-refractivity contribution in [2.75, 3.05) is 32.0 Å². The Morgan fingerprint density at radius 1 is 1.28 bits per heavy atom. The van der Waals surface area contributed by atoms with Gasteiger partial charge < -0.3 is 25.0 Å². The maximum absolute atomic E-state index is 12.4. The van der Waals surface area contributed by atoms with E-state index in [0.717, 1.165) is 0 Å². The average molecular weight is 349 g/mol. The first-order valence-electron chi connectivity index (χ1n) is 8.41. The van der Waals surface area contributed by atoms with Crippen LogP contribution >= 0.6 is 0 Å². The van der Waals surface area contributed by atoms with Crippen molar-refractivity contribution in [2.24, 2.45) is 0 Å². The van der Waals surface area contributed by atoms with Crippen LogP contribution in [-0.4, -0.2) is 59.7 Å². The number of hydrogen-bond acceptors (Lipinski definition) is 5. The number of ether oxygens (including phenoxy) is 2. The minimum Gasteiger partial charge on any atom is -0.484 e. The number of carbonyl (C=O) groups excluding carboxylic acids is 2. The maximum atomic E-state index is 12.4. The van der Waals surface area contributed by atoms with Crippen LogP contribution < -0.4 is 10.5 Å². The monoisotopic (exact) mass is 349 g/mol. The molecule has 0 aromatic heterocycles. The van der Waals surface area contributed by atoms with E-state index in [0.29, 0.717) is 31.1 Å². The van der Waals surface area contributed by atoms with Crippen LogP contribution in [0.5, 0.6) is 5.75 Å². The highest BCUT2D eigenvalue weighted by Gasteiger charge is 2.32. The third-order valence-electron chi connectivity index (χ3n) is 3.82. The Morgan fingerprint density at radius 2 is 2.00 bits per heavy atom. The lowest BCUT2D eigenvalue weighted by Crippen LogP contribution is -2.56. The Labute approximate surface area is 148 Å². The van der Waals surface area contributed by atoms with E-state index in [1.807, 2.05) is 27.7 Å². The van der Waals surface area contributed by atoms with Gasteiger partial charge in [-0.2, -0.15) is 0 Å². The predicted octanol–water partition coefficient (Wildman–Crippen LogP) is 2.12. The van der Waals surface area contributed by atoms with Gasteiger partial charge in [-0.05, 0) is 39.8 Å².